The van der Waals surface area contributed by atoms with Crippen molar-refractivity contribution in [2.75, 3.05) is 0 Å². The summed E-state index contributed by atoms with van der Waals surface area (Å²) in [6.07, 6.45) is 0.289. The maximum atomic E-state index is 13.6. The lowest BCUT2D eigenvalue weighted by Crippen LogP contribution is -2.01. The van der Waals surface area contributed by atoms with E-state index in [0.717, 1.165) is 6.07 Å². The highest BCUT2D eigenvalue weighted by molar-refractivity contribution is 9.09. The zero-order valence-electron chi connectivity index (χ0n) is 10.6. The van der Waals surface area contributed by atoms with E-state index in [2.05, 4.69) is 15.9 Å². The first-order valence-corrected chi connectivity index (χ1v) is 7.21. The quantitative estimate of drug-likeness (QED) is 0.610. The minimum atomic E-state index is -0.618. The summed E-state index contributed by atoms with van der Waals surface area (Å²) in [4.78, 5) is -0.283. The molecule has 0 saturated carbocycles. The second-order valence-corrected chi connectivity index (χ2v) is 6.04. The van der Waals surface area contributed by atoms with E-state index in [1.807, 2.05) is 0 Å². The summed E-state index contributed by atoms with van der Waals surface area (Å²) in [5.41, 5.74) is 1.51. The highest BCUT2D eigenvalue weighted by atomic mass is 79.9. The van der Waals surface area contributed by atoms with Crippen molar-refractivity contribution in [3.05, 3.63) is 69.5 Å². The Morgan fingerprint density at radius 1 is 1.10 bits per heavy atom. The van der Waals surface area contributed by atoms with E-state index in [0.29, 0.717) is 16.7 Å². The van der Waals surface area contributed by atoms with Crippen molar-refractivity contribution in [1.82, 2.24) is 0 Å². The van der Waals surface area contributed by atoms with Gasteiger partial charge in [0.05, 0.1) is 0 Å². The standard InChI is InChI=1S/C15H11BrClF3/c1-8-4-11(13(17)7-14(8)19)12(16)5-9-2-3-10(18)6-15(9)20/h2-4,6-7,12H,5H2,1H3. The Bertz CT molecular complexity index is 643. The van der Waals surface area contributed by atoms with E-state index in [1.54, 1.807) is 13.0 Å². The average Bonchev–Trinajstić information content (AvgIpc) is 2.37. The Balaban J connectivity index is 2.28. The van der Waals surface area contributed by atoms with E-state index < -0.39 is 11.6 Å². The lowest BCUT2D eigenvalue weighted by molar-refractivity contribution is 0.571. The van der Waals surface area contributed by atoms with Gasteiger partial charge in [0, 0.05) is 15.9 Å². The molecule has 0 heterocycles. The maximum Gasteiger partial charge on any atom is 0.129 e. The third-order valence-electron chi connectivity index (χ3n) is 3.03. The fourth-order valence-electron chi connectivity index (χ4n) is 1.91. The first kappa shape index (κ1) is 15.4. The van der Waals surface area contributed by atoms with Crippen molar-refractivity contribution in [2.24, 2.45) is 0 Å². The van der Waals surface area contributed by atoms with Crippen LogP contribution in [0.25, 0.3) is 0 Å². The van der Waals surface area contributed by atoms with Crippen LogP contribution in [0.2, 0.25) is 5.02 Å². The van der Waals surface area contributed by atoms with Gasteiger partial charge in [0.15, 0.2) is 0 Å². The number of benzene rings is 2. The molecule has 0 bridgehead atoms. The van der Waals surface area contributed by atoms with Gasteiger partial charge in [-0.15, -0.1) is 0 Å². The minimum Gasteiger partial charge on any atom is -0.207 e. The molecule has 0 N–H and O–H groups in total. The molecule has 0 aliphatic heterocycles. The Kier molecular flexibility index (Phi) is 4.76. The van der Waals surface area contributed by atoms with Gasteiger partial charge in [0.2, 0.25) is 0 Å². The van der Waals surface area contributed by atoms with Gasteiger partial charge >= 0.3 is 0 Å². The van der Waals surface area contributed by atoms with Crippen LogP contribution in [0, 0.1) is 24.4 Å². The van der Waals surface area contributed by atoms with Gasteiger partial charge < -0.3 is 0 Å². The van der Waals surface area contributed by atoms with Crippen LogP contribution in [0.15, 0.2) is 30.3 Å². The van der Waals surface area contributed by atoms with E-state index in [9.17, 15) is 13.2 Å². The van der Waals surface area contributed by atoms with Crippen molar-refractivity contribution in [3.8, 4) is 0 Å². The van der Waals surface area contributed by atoms with Crippen molar-refractivity contribution in [2.45, 2.75) is 18.2 Å². The molecule has 0 radical (unpaired) electrons. The molecule has 0 aromatic heterocycles. The molecule has 1 unspecified atom stereocenters. The number of aryl methyl sites for hydroxylation is 1. The summed E-state index contributed by atoms with van der Waals surface area (Å²) in [7, 11) is 0. The van der Waals surface area contributed by atoms with Crippen LogP contribution in [0.5, 0.6) is 0 Å². The third-order valence-corrected chi connectivity index (χ3v) is 4.17. The van der Waals surface area contributed by atoms with Gasteiger partial charge in [0.1, 0.15) is 17.5 Å². The fourth-order valence-corrected chi connectivity index (χ4v) is 3.05. The largest absolute Gasteiger partial charge is 0.207 e. The summed E-state index contributed by atoms with van der Waals surface area (Å²) >= 11 is 9.42. The predicted molar refractivity (Wildman–Crippen MR) is 77.9 cm³/mol. The summed E-state index contributed by atoms with van der Waals surface area (Å²) in [5, 5.41) is 0.275. The monoisotopic (exact) mass is 362 g/mol. The first-order valence-electron chi connectivity index (χ1n) is 5.92. The zero-order valence-corrected chi connectivity index (χ0v) is 12.9. The summed E-state index contributed by atoms with van der Waals surface area (Å²) in [6.45, 7) is 1.63. The lowest BCUT2D eigenvalue weighted by Gasteiger charge is -2.14. The van der Waals surface area contributed by atoms with Crippen LogP contribution in [-0.2, 0) is 6.42 Å². The number of hydrogen-bond acceptors (Lipinski definition) is 0. The second-order valence-electron chi connectivity index (χ2n) is 4.53. The first-order chi connectivity index (χ1) is 9.38. The number of alkyl halides is 1. The molecular formula is C15H11BrClF3. The van der Waals surface area contributed by atoms with Gasteiger partial charge in [-0.2, -0.15) is 0 Å². The highest BCUT2D eigenvalue weighted by Gasteiger charge is 2.16. The molecule has 0 aliphatic carbocycles. The predicted octanol–water partition coefficient (Wildman–Crippen LogP) is 5.74. The molecule has 0 fully saturated rings. The Labute approximate surface area is 128 Å². The lowest BCUT2D eigenvalue weighted by atomic mass is 10.0. The molecule has 2 aromatic rings. The molecule has 0 nitrogen and oxygen atoms in total. The van der Waals surface area contributed by atoms with Gasteiger partial charge in [0.25, 0.3) is 0 Å². The normalized spacial score (nSPS) is 12.5. The van der Waals surface area contributed by atoms with Gasteiger partial charge in [-0.25, -0.2) is 13.2 Å². The fraction of sp³-hybridized carbons (Fsp3) is 0.200. The van der Waals surface area contributed by atoms with E-state index in [1.165, 1.54) is 18.2 Å². The molecule has 0 amide bonds. The average molecular weight is 364 g/mol. The Morgan fingerprint density at radius 2 is 1.80 bits per heavy atom. The Hall–Kier alpha value is -1.00. The van der Waals surface area contributed by atoms with Gasteiger partial charge in [-0.3, -0.25) is 0 Å². The van der Waals surface area contributed by atoms with Crippen LogP contribution in [-0.4, -0.2) is 0 Å². The SMILES string of the molecule is Cc1cc(C(Br)Cc2ccc(F)cc2F)c(Cl)cc1F. The molecular weight excluding hydrogens is 353 g/mol. The zero-order chi connectivity index (χ0) is 14.9. The van der Waals surface area contributed by atoms with Crippen LogP contribution >= 0.6 is 27.5 Å². The van der Waals surface area contributed by atoms with E-state index in [-0.39, 0.29) is 22.1 Å². The van der Waals surface area contributed by atoms with Crippen molar-refractivity contribution < 1.29 is 13.2 Å². The summed E-state index contributed by atoms with van der Waals surface area (Å²) < 4.78 is 39.8. The van der Waals surface area contributed by atoms with Crippen LogP contribution in [0.3, 0.4) is 0 Å². The van der Waals surface area contributed by atoms with E-state index in [4.69, 9.17) is 11.6 Å². The van der Waals surface area contributed by atoms with Crippen LogP contribution in [0.1, 0.15) is 21.5 Å². The molecule has 0 aliphatic rings. The molecule has 2 aromatic carbocycles. The topological polar surface area (TPSA) is 0 Å². The molecule has 5 heteroatoms. The molecule has 0 saturated heterocycles. The molecule has 106 valence electrons. The molecule has 1 atom stereocenters. The number of hydrogen-bond donors (Lipinski definition) is 0. The van der Waals surface area contributed by atoms with Crippen molar-refractivity contribution in [3.63, 3.8) is 0 Å². The summed E-state index contributed by atoms with van der Waals surface area (Å²) in [5.74, 6) is -1.61. The number of rotatable bonds is 3. The van der Waals surface area contributed by atoms with Crippen molar-refractivity contribution >= 4 is 27.5 Å². The van der Waals surface area contributed by atoms with Crippen LogP contribution < -0.4 is 0 Å². The number of halogens is 5. The smallest absolute Gasteiger partial charge is 0.129 e. The third kappa shape index (κ3) is 3.36. The summed E-state index contributed by atoms with van der Waals surface area (Å²) in [6, 6.07) is 6.30. The minimum absolute atomic E-state index is 0.275. The van der Waals surface area contributed by atoms with E-state index >= 15 is 0 Å². The highest BCUT2D eigenvalue weighted by Crippen LogP contribution is 2.34. The van der Waals surface area contributed by atoms with Crippen LogP contribution in [0.4, 0.5) is 13.2 Å². The van der Waals surface area contributed by atoms with Crippen molar-refractivity contribution in [1.29, 1.82) is 0 Å². The maximum absolute atomic E-state index is 13.6. The molecule has 0 spiro atoms. The Morgan fingerprint density at radius 3 is 2.45 bits per heavy atom. The van der Waals surface area contributed by atoms with Gasteiger partial charge in [-0.1, -0.05) is 39.7 Å². The second kappa shape index (κ2) is 6.19. The molecule has 2 rings (SSSR count). The van der Waals surface area contributed by atoms with Gasteiger partial charge in [-0.05, 0) is 42.2 Å². The molecule has 20 heavy (non-hydrogen) atoms.